The monoisotopic (exact) mass is 376 g/mol. The van der Waals surface area contributed by atoms with Crippen molar-refractivity contribution in [1.82, 2.24) is 20.0 Å². The summed E-state index contributed by atoms with van der Waals surface area (Å²) in [6, 6.07) is 20.1. The highest BCUT2D eigenvalue weighted by atomic mass is 32.1. The number of carbonyl (C=O) groups is 1. The Hall–Kier alpha value is -3.72. The minimum atomic E-state index is -0.263. The first-order valence-corrected chi connectivity index (χ1v) is 8.75. The molecule has 0 atom stereocenters. The molecule has 0 fully saturated rings. The summed E-state index contributed by atoms with van der Waals surface area (Å²) in [7, 11) is 0. The molecule has 4 rings (SSSR count). The number of aromatic nitrogens is 4. The molecule has 0 saturated carbocycles. The van der Waals surface area contributed by atoms with Crippen LogP contribution in [0.4, 0.5) is 0 Å². The fourth-order valence-electron chi connectivity index (χ4n) is 2.52. The Kier molecular flexibility index (Phi) is 4.50. The third-order valence-corrected chi connectivity index (χ3v) is 4.68. The van der Waals surface area contributed by atoms with Gasteiger partial charge in [0.2, 0.25) is 10.6 Å². The average Bonchev–Trinajstić information content (AvgIpc) is 3.36. The minimum absolute atomic E-state index is 0.162. The lowest BCUT2D eigenvalue weighted by Crippen LogP contribution is -2.14. The van der Waals surface area contributed by atoms with Crippen molar-refractivity contribution < 1.29 is 4.79 Å². The van der Waals surface area contributed by atoms with Crippen LogP contribution in [0.3, 0.4) is 0 Å². The summed E-state index contributed by atoms with van der Waals surface area (Å²) < 4.78 is 1.32. The molecule has 27 heavy (non-hydrogen) atoms. The van der Waals surface area contributed by atoms with E-state index in [1.165, 1.54) is 4.68 Å². The van der Waals surface area contributed by atoms with Gasteiger partial charge in [-0.3, -0.25) is 9.89 Å². The van der Waals surface area contributed by atoms with E-state index in [0.29, 0.717) is 11.4 Å². The van der Waals surface area contributed by atoms with Crippen molar-refractivity contribution in [2.24, 2.45) is 10.4 Å². The number of aromatic amines is 1. The lowest BCUT2D eigenvalue weighted by molar-refractivity contribution is 0.103. The fourth-order valence-corrected chi connectivity index (χ4v) is 3.32. The molecule has 0 spiro atoms. The van der Waals surface area contributed by atoms with E-state index >= 15 is 0 Å². The van der Waals surface area contributed by atoms with Crippen molar-refractivity contribution in [3.63, 3.8) is 0 Å². The number of benzene rings is 2. The molecule has 2 aromatic heterocycles. The SMILES string of the molecule is O=N/N=c1\sc(C(=O)c2ccccc2)nn1-c1cc(-c2ccccc2)[nH]n1. The number of H-pyrrole nitrogens is 1. The van der Waals surface area contributed by atoms with Crippen molar-refractivity contribution >= 4 is 17.1 Å². The van der Waals surface area contributed by atoms with Crippen LogP contribution in [0.5, 0.6) is 0 Å². The van der Waals surface area contributed by atoms with Crippen LogP contribution in [-0.4, -0.2) is 25.8 Å². The van der Waals surface area contributed by atoms with Crippen LogP contribution in [0.25, 0.3) is 17.1 Å². The van der Waals surface area contributed by atoms with Gasteiger partial charge < -0.3 is 0 Å². The van der Waals surface area contributed by atoms with E-state index in [2.05, 4.69) is 25.7 Å². The van der Waals surface area contributed by atoms with E-state index in [9.17, 15) is 9.70 Å². The number of nitrogens with zero attached hydrogens (tertiary/aromatic N) is 5. The minimum Gasteiger partial charge on any atom is -0.286 e. The highest BCUT2D eigenvalue weighted by molar-refractivity contribution is 7.11. The zero-order valence-corrected chi connectivity index (χ0v) is 14.6. The summed E-state index contributed by atoms with van der Waals surface area (Å²) in [5, 5.41) is 17.7. The molecular weight excluding hydrogens is 364 g/mol. The fraction of sp³-hybridized carbons (Fsp3) is 0. The standard InChI is InChI=1S/C18H12N6O2S/c25-16(13-9-5-2-6-10-13)17-22-24(18(27-17)21-23-26)15-11-14(19-20-15)12-7-3-1-4-8-12/h1-11H,(H,19,20)/b21-18-. The van der Waals surface area contributed by atoms with Gasteiger partial charge in [0.25, 0.3) is 0 Å². The number of hydrogen-bond donors (Lipinski definition) is 1. The Balaban J connectivity index is 1.76. The van der Waals surface area contributed by atoms with E-state index in [4.69, 9.17) is 0 Å². The summed E-state index contributed by atoms with van der Waals surface area (Å²) in [5.74, 6) is 0.139. The van der Waals surface area contributed by atoms with Gasteiger partial charge in [0, 0.05) is 11.6 Å². The molecule has 0 aliphatic rings. The van der Waals surface area contributed by atoms with Crippen LogP contribution in [0.2, 0.25) is 0 Å². The van der Waals surface area contributed by atoms with E-state index in [1.54, 1.807) is 30.3 Å². The Morgan fingerprint density at radius 3 is 2.44 bits per heavy atom. The molecule has 4 aromatic rings. The Labute approximate surface area is 156 Å². The molecule has 132 valence electrons. The van der Waals surface area contributed by atoms with Crippen molar-refractivity contribution in [3.05, 3.63) is 87.0 Å². The number of hydrogen-bond acceptors (Lipinski definition) is 6. The molecule has 0 bridgehead atoms. The predicted octanol–water partition coefficient (Wildman–Crippen LogP) is 3.14. The molecule has 1 N–H and O–H groups in total. The summed E-state index contributed by atoms with van der Waals surface area (Å²) in [4.78, 5) is 23.5. The van der Waals surface area contributed by atoms with Crippen molar-refractivity contribution in [1.29, 1.82) is 0 Å². The molecule has 0 saturated heterocycles. The van der Waals surface area contributed by atoms with Crippen molar-refractivity contribution in [3.8, 4) is 17.1 Å². The quantitative estimate of drug-likeness (QED) is 0.328. The predicted molar refractivity (Wildman–Crippen MR) is 100 cm³/mol. The largest absolute Gasteiger partial charge is 0.286 e. The van der Waals surface area contributed by atoms with Crippen LogP contribution >= 0.6 is 11.3 Å². The van der Waals surface area contributed by atoms with Gasteiger partial charge in [0.05, 0.1) is 11.0 Å². The lowest BCUT2D eigenvalue weighted by Gasteiger charge is -1.96. The first kappa shape index (κ1) is 16.7. The first-order valence-electron chi connectivity index (χ1n) is 7.94. The second kappa shape index (κ2) is 7.26. The molecule has 0 unspecified atom stereocenters. The number of nitrogens with one attached hydrogen (secondary N) is 1. The summed E-state index contributed by atoms with van der Waals surface area (Å²) in [6.07, 6.45) is 0. The molecule has 0 aliphatic carbocycles. The zero-order valence-electron chi connectivity index (χ0n) is 13.8. The van der Waals surface area contributed by atoms with Gasteiger partial charge in [-0.15, -0.1) is 10.0 Å². The van der Waals surface area contributed by atoms with Gasteiger partial charge in [-0.2, -0.15) is 9.78 Å². The number of carbonyl (C=O) groups excluding carboxylic acids is 1. The van der Waals surface area contributed by atoms with Gasteiger partial charge >= 0.3 is 0 Å². The molecule has 8 nitrogen and oxygen atoms in total. The maximum absolute atomic E-state index is 12.6. The van der Waals surface area contributed by atoms with Crippen LogP contribution in [0.15, 0.2) is 77.1 Å². The maximum atomic E-state index is 12.6. The number of ketones is 1. The number of nitroso groups, excluding NO2 is 1. The van der Waals surface area contributed by atoms with E-state index in [0.717, 1.165) is 22.6 Å². The molecule has 9 heteroatoms. The van der Waals surface area contributed by atoms with Gasteiger partial charge in [0.15, 0.2) is 10.8 Å². The van der Waals surface area contributed by atoms with E-state index < -0.39 is 0 Å². The number of rotatable bonds is 5. The van der Waals surface area contributed by atoms with E-state index in [-0.39, 0.29) is 15.6 Å². The first-order chi connectivity index (χ1) is 13.3. The summed E-state index contributed by atoms with van der Waals surface area (Å²) >= 11 is 0.975. The molecule has 2 heterocycles. The molecule has 2 aromatic carbocycles. The normalized spacial score (nSPS) is 11.5. The average molecular weight is 376 g/mol. The summed E-state index contributed by atoms with van der Waals surface area (Å²) in [6.45, 7) is 0. The summed E-state index contributed by atoms with van der Waals surface area (Å²) in [5.41, 5.74) is 2.21. The van der Waals surface area contributed by atoms with Crippen molar-refractivity contribution in [2.75, 3.05) is 0 Å². The van der Waals surface area contributed by atoms with Gasteiger partial charge in [-0.1, -0.05) is 77.1 Å². The van der Waals surface area contributed by atoms with Crippen LogP contribution in [-0.2, 0) is 0 Å². The molecular formula is C18H12N6O2S. The topological polar surface area (TPSA) is 105 Å². The Morgan fingerprint density at radius 2 is 1.74 bits per heavy atom. The van der Waals surface area contributed by atoms with Gasteiger partial charge in [-0.25, -0.2) is 0 Å². The molecule has 0 amide bonds. The Bertz CT molecular complexity index is 1160. The van der Waals surface area contributed by atoms with Crippen LogP contribution in [0, 0.1) is 4.91 Å². The zero-order chi connectivity index (χ0) is 18.6. The molecule has 0 radical (unpaired) electrons. The Morgan fingerprint density at radius 1 is 1.04 bits per heavy atom. The molecule has 0 aliphatic heterocycles. The smallest absolute Gasteiger partial charge is 0.238 e. The van der Waals surface area contributed by atoms with Gasteiger partial charge in [0.1, 0.15) is 0 Å². The third-order valence-electron chi connectivity index (χ3n) is 3.78. The second-order valence-corrected chi connectivity index (χ2v) is 6.44. The van der Waals surface area contributed by atoms with Gasteiger partial charge in [-0.05, 0) is 5.56 Å². The van der Waals surface area contributed by atoms with Crippen LogP contribution < -0.4 is 4.80 Å². The van der Waals surface area contributed by atoms with E-state index in [1.807, 2.05) is 36.4 Å². The maximum Gasteiger partial charge on any atom is 0.238 e. The highest BCUT2D eigenvalue weighted by Gasteiger charge is 2.18. The second-order valence-electron chi connectivity index (χ2n) is 5.48. The highest BCUT2D eigenvalue weighted by Crippen LogP contribution is 2.19. The van der Waals surface area contributed by atoms with Crippen LogP contribution in [0.1, 0.15) is 15.4 Å². The third kappa shape index (κ3) is 3.35. The lowest BCUT2D eigenvalue weighted by atomic mass is 10.1. The van der Waals surface area contributed by atoms with Crippen molar-refractivity contribution in [2.45, 2.75) is 0 Å².